The highest BCUT2D eigenvalue weighted by Crippen LogP contribution is 2.35. The number of carbonyl (C=O) groups is 2. The Balaban J connectivity index is 1.43. The van der Waals surface area contributed by atoms with Crippen LogP contribution in [0.2, 0.25) is 0 Å². The van der Waals surface area contributed by atoms with Crippen molar-refractivity contribution in [3.05, 3.63) is 42.1 Å². The van der Waals surface area contributed by atoms with E-state index < -0.39 is 0 Å². The molecule has 42 heavy (non-hydrogen) atoms. The van der Waals surface area contributed by atoms with Crippen molar-refractivity contribution in [3.8, 4) is 17.0 Å². The zero-order valence-electron chi connectivity index (χ0n) is 26.0. The molecule has 1 aromatic carbocycles. The molecule has 1 aromatic heterocycles. The Hall–Kier alpha value is -3.33. The van der Waals surface area contributed by atoms with Gasteiger partial charge in [-0.1, -0.05) is 39.8 Å². The molecule has 0 radical (unpaired) electrons. The molecule has 3 aliphatic rings. The van der Waals surface area contributed by atoms with Crippen LogP contribution in [-0.4, -0.2) is 90.7 Å². The first kappa shape index (κ1) is 30.1. The van der Waals surface area contributed by atoms with E-state index in [1.807, 2.05) is 48.2 Å². The number of nitrogens with zero attached hydrogens (tertiary/aromatic N) is 4. The van der Waals surface area contributed by atoms with Gasteiger partial charge in [-0.25, -0.2) is 9.78 Å². The Bertz CT molecular complexity index is 1250. The maximum Gasteiger partial charge on any atom is 0.320 e. The van der Waals surface area contributed by atoms with Crippen LogP contribution in [0.3, 0.4) is 0 Å². The summed E-state index contributed by atoms with van der Waals surface area (Å²) < 4.78 is 5.88. The summed E-state index contributed by atoms with van der Waals surface area (Å²) >= 11 is 0. The van der Waals surface area contributed by atoms with Crippen LogP contribution >= 0.6 is 0 Å². The lowest BCUT2D eigenvalue weighted by atomic mass is 9.85. The molecule has 0 spiro atoms. The Morgan fingerprint density at radius 1 is 1.07 bits per heavy atom. The number of ether oxygens (including phenoxy) is 1. The normalized spacial score (nSPS) is 22.9. The molecule has 2 N–H and O–H groups in total. The lowest BCUT2D eigenvalue weighted by Gasteiger charge is -2.45. The number of piperazine rings is 1. The average Bonchev–Trinajstić information content (AvgIpc) is 3.69. The first-order valence-electron chi connectivity index (χ1n) is 15.8. The number of para-hydroxylation sites is 1. The highest BCUT2D eigenvalue weighted by Gasteiger charge is 2.40. The standard InChI is InChI=1S/C33H48N6O3/c1-6-24-22-37(32(41)39-18-10-13-29(39)33(3,4)5)19-20-38(24)27-15-14-26(25-11-8-9-12-28(25)42-7-2)36-30(27)31(40)35-23-16-17-34-21-23/h8-9,11-12,14-15,23-24,29,34H,6-7,10,13,16-22H2,1-5H3,(H,35,40)/t23-,24-,29?/m1/s1. The number of benzene rings is 1. The predicted octanol–water partition coefficient (Wildman–Crippen LogP) is 4.77. The van der Waals surface area contributed by atoms with E-state index in [-0.39, 0.29) is 35.5 Å². The summed E-state index contributed by atoms with van der Waals surface area (Å²) in [4.78, 5) is 39.0. The second kappa shape index (κ2) is 12.9. The van der Waals surface area contributed by atoms with Crippen molar-refractivity contribution in [2.45, 2.75) is 78.4 Å². The first-order chi connectivity index (χ1) is 20.2. The zero-order chi connectivity index (χ0) is 29.9. The molecular weight excluding hydrogens is 528 g/mol. The van der Waals surface area contributed by atoms with Crippen LogP contribution in [0.4, 0.5) is 10.5 Å². The van der Waals surface area contributed by atoms with E-state index in [1.165, 1.54) is 0 Å². The van der Waals surface area contributed by atoms with Crippen LogP contribution in [0.15, 0.2) is 36.4 Å². The van der Waals surface area contributed by atoms with Gasteiger partial charge in [-0.3, -0.25) is 4.79 Å². The number of pyridine rings is 1. The van der Waals surface area contributed by atoms with E-state index in [2.05, 4.69) is 48.1 Å². The van der Waals surface area contributed by atoms with E-state index in [0.717, 1.165) is 62.3 Å². The molecule has 0 aliphatic carbocycles. The van der Waals surface area contributed by atoms with Crippen LogP contribution < -0.4 is 20.3 Å². The number of hydrogen-bond acceptors (Lipinski definition) is 6. The Morgan fingerprint density at radius 2 is 1.88 bits per heavy atom. The molecule has 0 saturated carbocycles. The molecule has 3 fully saturated rings. The average molecular weight is 577 g/mol. The topological polar surface area (TPSA) is 90.0 Å². The number of nitrogens with one attached hydrogen (secondary N) is 2. The second-order valence-corrected chi connectivity index (χ2v) is 12.9. The molecule has 4 heterocycles. The summed E-state index contributed by atoms with van der Waals surface area (Å²) in [6, 6.07) is 12.4. The van der Waals surface area contributed by atoms with E-state index in [4.69, 9.17) is 9.72 Å². The fourth-order valence-electron chi connectivity index (χ4n) is 6.77. The lowest BCUT2D eigenvalue weighted by Crippen LogP contribution is -2.59. The summed E-state index contributed by atoms with van der Waals surface area (Å²) in [5, 5.41) is 6.55. The number of urea groups is 1. The smallest absolute Gasteiger partial charge is 0.320 e. The highest BCUT2D eigenvalue weighted by molar-refractivity contribution is 5.99. The van der Waals surface area contributed by atoms with Gasteiger partial charge in [0.15, 0.2) is 5.69 Å². The molecule has 9 heteroatoms. The number of carbonyl (C=O) groups excluding carboxylic acids is 2. The fraction of sp³-hybridized carbons (Fsp3) is 0.606. The van der Waals surface area contributed by atoms with Crippen LogP contribution in [0, 0.1) is 5.41 Å². The summed E-state index contributed by atoms with van der Waals surface area (Å²) in [6.45, 7) is 15.7. The number of rotatable bonds is 7. The summed E-state index contributed by atoms with van der Waals surface area (Å²) in [7, 11) is 0. The molecule has 0 bridgehead atoms. The van der Waals surface area contributed by atoms with Gasteiger partial charge in [-0.05, 0) is 68.8 Å². The third-order valence-corrected chi connectivity index (χ3v) is 8.98. The maximum absolute atomic E-state index is 13.8. The molecule has 3 amide bonds. The second-order valence-electron chi connectivity index (χ2n) is 12.9. The number of anilines is 1. The third kappa shape index (κ3) is 6.36. The molecular formula is C33H48N6O3. The van der Waals surface area contributed by atoms with Crippen LogP contribution in [0.5, 0.6) is 5.75 Å². The van der Waals surface area contributed by atoms with Gasteiger partial charge in [0.25, 0.3) is 5.91 Å². The molecule has 2 aromatic rings. The molecule has 228 valence electrons. The molecule has 3 aliphatic heterocycles. The van der Waals surface area contributed by atoms with E-state index in [1.54, 1.807) is 0 Å². The summed E-state index contributed by atoms with van der Waals surface area (Å²) in [5.41, 5.74) is 2.88. The number of amides is 3. The van der Waals surface area contributed by atoms with Gasteiger partial charge in [0, 0.05) is 56.4 Å². The first-order valence-corrected chi connectivity index (χ1v) is 15.8. The maximum atomic E-state index is 13.8. The van der Waals surface area contributed by atoms with Crippen molar-refractivity contribution in [1.82, 2.24) is 25.4 Å². The minimum absolute atomic E-state index is 0.0590. The van der Waals surface area contributed by atoms with Crippen molar-refractivity contribution < 1.29 is 14.3 Å². The van der Waals surface area contributed by atoms with E-state index in [9.17, 15) is 9.59 Å². The van der Waals surface area contributed by atoms with Gasteiger partial charge in [-0.2, -0.15) is 0 Å². The Morgan fingerprint density at radius 3 is 2.60 bits per heavy atom. The number of likely N-dealkylation sites (tertiary alicyclic amines) is 1. The number of aromatic nitrogens is 1. The van der Waals surface area contributed by atoms with Gasteiger partial charge in [0.05, 0.1) is 18.0 Å². The zero-order valence-corrected chi connectivity index (χ0v) is 26.0. The summed E-state index contributed by atoms with van der Waals surface area (Å²) in [5.74, 6) is 0.591. The quantitative estimate of drug-likeness (QED) is 0.494. The largest absolute Gasteiger partial charge is 0.493 e. The van der Waals surface area contributed by atoms with Gasteiger partial charge >= 0.3 is 6.03 Å². The van der Waals surface area contributed by atoms with Gasteiger partial charge in [-0.15, -0.1) is 0 Å². The van der Waals surface area contributed by atoms with Crippen LogP contribution in [0.1, 0.15) is 70.8 Å². The van der Waals surface area contributed by atoms with Crippen molar-refractivity contribution >= 4 is 17.6 Å². The number of hydrogen-bond donors (Lipinski definition) is 2. The minimum atomic E-state index is -0.159. The monoisotopic (exact) mass is 576 g/mol. The molecule has 1 unspecified atom stereocenters. The molecule has 5 rings (SSSR count). The molecule has 9 nitrogen and oxygen atoms in total. The highest BCUT2D eigenvalue weighted by atomic mass is 16.5. The third-order valence-electron chi connectivity index (χ3n) is 8.98. The lowest BCUT2D eigenvalue weighted by molar-refractivity contribution is 0.0933. The van der Waals surface area contributed by atoms with Crippen molar-refractivity contribution in [2.75, 3.05) is 50.8 Å². The van der Waals surface area contributed by atoms with E-state index >= 15 is 0 Å². The SMILES string of the molecule is CCOc1ccccc1-c1ccc(N2CCN(C(=O)N3CCCC3C(C)(C)C)C[C@H]2CC)c(C(=O)N[C@@H]2CCNC2)n1. The van der Waals surface area contributed by atoms with Gasteiger partial charge < -0.3 is 30.1 Å². The van der Waals surface area contributed by atoms with Crippen molar-refractivity contribution in [3.63, 3.8) is 0 Å². The van der Waals surface area contributed by atoms with Crippen molar-refractivity contribution in [2.24, 2.45) is 5.41 Å². The van der Waals surface area contributed by atoms with Crippen LogP contribution in [-0.2, 0) is 0 Å². The predicted molar refractivity (Wildman–Crippen MR) is 167 cm³/mol. The van der Waals surface area contributed by atoms with E-state index in [0.29, 0.717) is 37.6 Å². The molecule has 3 atom stereocenters. The summed E-state index contributed by atoms with van der Waals surface area (Å²) in [6.07, 6.45) is 3.88. The van der Waals surface area contributed by atoms with Gasteiger partial charge in [0.1, 0.15) is 5.75 Å². The molecule has 3 saturated heterocycles. The minimum Gasteiger partial charge on any atom is -0.493 e. The Kier molecular flexibility index (Phi) is 9.25. The van der Waals surface area contributed by atoms with Crippen LogP contribution in [0.25, 0.3) is 11.3 Å². The fourth-order valence-corrected chi connectivity index (χ4v) is 6.77. The van der Waals surface area contributed by atoms with Gasteiger partial charge in [0.2, 0.25) is 0 Å². The Labute approximate surface area is 251 Å². The van der Waals surface area contributed by atoms with Crippen molar-refractivity contribution in [1.29, 1.82) is 0 Å².